The number of nitrogens with one attached hydrogen (secondary N) is 1. The average Bonchev–Trinajstić information content (AvgIpc) is 2.54. The van der Waals surface area contributed by atoms with E-state index in [0.717, 1.165) is 6.54 Å². The summed E-state index contributed by atoms with van der Waals surface area (Å²) in [4.78, 5) is 21.1. The van der Waals surface area contributed by atoms with E-state index in [9.17, 15) is 10.1 Å². The molecular formula is C16H18N4O2S. The van der Waals surface area contributed by atoms with Crippen LogP contribution in [0.4, 0.5) is 0 Å². The van der Waals surface area contributed by atoms with Gasteiger partial charge in [0.1, 0.15) is 29.7 Å². The number of H-pyrrole nitrogens is 1. The van der Waals surface area contributed by atoms with E-state index in [0.29, 0.717) is 28.8 Å². The highest BCUT2D eigenvalue weighted by Crippen LogP contribution is 2.30. The monoisotopic (exact) mass is 330 g/mol. The highest BCUT2D eigenvalue weighted by atomic mass is 32.2. The number of aromatic nitrogens is 2. The molecule has 7 heteroatoms. The second-order valence-electron chi connectivity index (χ2n) is 5.06. The molecule has 0 radical (unpaired) electrons. The molecule has 0 fully saturated rings. The largest absolute Gasteiger partial charge is 0.492 e. The van der Waals surface area contributed by atoms with E-state index in [2.05, 4.69) is 9.97 Å². The first kappa shape index (κ1) is 17.1. The molecule has 1 heterocycles. The molecule has 1 aromatic heterocycles. The van der Waals surface area contributed by atoms with Gasteiger partial charge in [-0.1, -0.05) is 23.9 Å². The minimum absolute atomic E-state index is 0.00791. The van der Waals surface area contributed by atoms with Gasteiger partial charge in [-0.3, -0.25) is 4.79 Å². The Morgan fingerprint density at radius 1 is 1.39 bits per heavy atom. The standard InChI is InChI=1S/C16H18N4O2S/c1-20(2)8-9-22-13-7-5-4-6-11(13)14-12(10-17)15(21)19-16(18-14)23-3/h4-7H,8-9H2,1-3H3,(H,18,19,21). The summed E-state index contributed by atoms with van der Waals surface area (Å²) in [5.74, 6) is 0.607. The molecule has 120 valence electrons. The molecule has 0 aliphatic heterocycles. The molecule has 0 unspecified atom stereocenters. The van der Waals surface area contributed by atoms with Crippen LogP contribution >= 0.6 is 11.8 Å². The predicted octanol–water partition coefficient (Wildman–Crippen LogP) is 1.97. The van der Waals surface area contributed by atoms with Crippen molar-refractivity contribution in [1.82, 2.24) is 14.9 Å². The summed E-state index contributed by atoms with van der Waals surface area (Å²) in [7, 11) is 3.93. The first-order chi connectivity index (χ1) is 11.1. The molecule has 0 aliphatic carbocycles. The molecule has 0 bridgehead atoms. The van der Waals surface area contributed by atoms with Crippen molar-refractivity contribution in [2.24, 2.45) is 0 Å². The van der Waals surface area contributed by atoms with Gasteiger partial charge in [0.15, 0.2) is 5.16 Å². The van der Waals surface area contributed by atoms with Crippen molar-refractivity contribution in [3.05, 3.63) is 40.2 Å². The van der Waals surface area contributed by atoms with Gasteiger partial charge in [-0.2, -0.15) is 5.26 Å². The summed E-state index contributed by atoms with van der Waals surface area (Å²) in [6, 6.07) is 9.23. The number of thioether (sulfide) groups is 1. The normalized spacial score (nSPS) is 10.6. The molecule has 23 heavy (non-hydrogen) atoms. The molecule has 0 saturated heterocycles. The van der Waals surface area contributed by atoms with Gasteiger partial charge >= 0.3 is 0 Å². The lowest BCUT2D eigenvalue weighted by molar-refractivity contribution is 0.262. The maximum absolute atomic E-state index is 12.1. The van der Waals surface area contributed by atoms with Crippen molar-refractivity contribution in [2.75, 3.05) is 33.5 Å². The zero-order chi connectivity index (χ0) is 16.8. The van der Waals surface area contributed by atoms with E-state index in [1.165, 1.54) is 11.8 Å². The van der Waals surface area contributed by atoms with Gasteiger partial charge in [-0.05, 0) is 32.5 Å². The Balaban J connectivity index is 2.48. The van der Waals surface area contributed by atoms with Crippen molar-refractivity contribution < 1.29 is 4.74 Å². The number of ether oxygens (including phenoxy) is 1. The lowest BCUT2D eigenvalue weighted by Gasteiger charge is -2.14. The number of nitriles is 1. The summed E-state index contributed by atoms with van der Waals surface area (Å²) in [6.07, 6.45) is 1.81. The molecule has 1 aromatic carbocycles. The molecule has 0 saturated carbocycles. The third-order valence-corrected chi connectivity index (χ3v) is 3.72. The highest BCUT2D eigenvalue weighted by Gasteiger charge is 2.16. The number of benzene rings is 1. The predicted molar refractivity (Wildman–Crippen MR) is 90.8 cm³/mol. The molecular weight excluding hydrogens is 312 g/mol. The smallest absolute Gasteiger partial charge is 0.270 e. The Hall–Kier alpha value is -2.30. The minimum atomic E-state index is -0.440. The van der Waals surface area contributed by atoms with Gasteiger partial charge in [0.2, 0.25) is 0 Å². The quantitative estimate of drug-likeness (QED) is 0.644. The summed E-state index contributed by atoms with van der Waals surface area (Å²) >= 11 is 1.32. The molecule has 6 nitrogen and oxygen atoms in total. The Morgan fingerprint density at radius 3 is 2.78 bits per heavy atom. The van der Waals surface area contributed by atoms with E-state index < -0.39 is 5.56 Å². The topological polar surface area (TPSA) is 82.0 Å². The zero-order valence-corrected chi connectivity index (χ0v) is 14.1. The van der Waals surface area contributed by atoms with E-state index >= 15 is 0 Å². The number of aromatic amines is 1. The van der Waals surface area contributed by atoms with Crippen LogP contribution in [0.1, 0.15) is 5.56 Å². The molecule has 1 N–H and O–H groups in total. The van der Waals surface area contributed by atoms with E-state index in [-0.39, 0.29) is 5.56 Å². The summed E-state index contributed by atoms with van der Waals surface area (Å²) < 4.78 is 5.81. The van der Waals surface area contributed by atoms with Gasteiger partial charge in [0.05, 0.1) is 0 Å². The maximum Gasteiger partial charge on any atom is 0.270 e. The van der Waals surface area contributed by atoms with Crippen molar-refractivity contribution in [2.45, 2.75) is 5.16 Å². The van der Waals surface area contributed by atoms with Crippen LogP contribution in [-0.2, 0) is 0 Å². The number of nitrogens with zero attached hydrogens (tertiary/aromatic N) is 3. The van der Waals surface area contributed by atoms with Crippen LogP contribution in [0, 0.1) is 11.3 Å². The van der Waals surface area contributed by atoms with Gasteiger partial charge in [0.25, 0.3) is 5.56 Å². The molecule has 0 spiro atoms. The van der Waals surface area contributed by atoms with Crippen LogP contribution in [0.25, 0.3) is 11.3 Å². The Morgan fingerprint density at radius 2 is 2.13 bits per heavy atom. The average molecular weight is 330 g/mol. The number of rotatable bonds is 6. The SMILES string of the molecule is CSc1nc(-c2ccccc2OCCN(C)C)c(C#N)c(=O)[nH]1. The third kappa shape index (κ3) is 4.12. The van der Waals surface area contributed by atoms with Crippen LogP contribution in [0.15, 0.2) is 34.2 Å². The summed E-state index contributed by atoms with van der Waals surface area (Å²) in [5.41, 5.74) is 0.543. The van der Waals surface area contributed by atoms with Crippen LogP contribution in [0.2, 0.25) is 0 Å². The number of para-hydroxylation sites is 1. The van der Waals surface area contributed by atoms with Crippen molar-refractivity contribution in [3.63, 3.8) is 0 Å². The van der Waals surface area contributed by atoms with Crippen LogP contribution < -0.4 is 10.3 Å². The fourth-order valence-corrected chi connectivity index (χ4v) is 2.35. The van der Waals surface area contributed by atoms with E-state index in [1.807, 2.05) is 49.5 Å². The highest BCUT2D eigenvalue weighted by molar-refractivity contribution is 7.98. The first-order valence-electron chi connectivity index (χ1n) is 7.02. The number of hydrogen-bond acceptors (Lipinski definition) is 6. The van der Waals surface area contributed by atoms with Gasteiger partial charge in [-0.25, -0.2) is 4.98 Å². The summed E-state index contributed by atoms with van der Waals surface area (Å²) in [6.45, 7) is 1.27. The van der Waals surface area contributed by atoms with Crippen LogP contribution in [0.3, 0.4) is 0 Å². The Bertz CT molecular complexity index is 780. The van der Waals surface area contributed by atoms with Crippen LogP contribution in [-0.4, -0.2) is 48.4 Å². The molecule has 0 aliphatic rings. The number of hydrogen-bond donors (Lipinski definition) is 1. The molecule has 0 amide bonds. The second kappa shape index (κ2) is 7.81. The van der Waals surface area contributed by atoms with Crippen molar-refractivity contribution in [1.29, 1.82) is 5.26 Å². The van der Waals surface area contributed by atoms with E-state index in [4.69, 9.17) is 4.74 Å². The summed E-state index contributed by atoms with van der Waals surface area (Å²) in [5, 5.41) is 9.76. The molecule has 2 aromatic rings. The van der Waals surface area contributed by atoms with Crippen molar-refractivity contribution in [3.8, 4) is 23.1 Å². The third-order valence-electron chi connectivity index (χ3n) is 3.14. The Labute approximate surface area is 139 Å². The maximum atomic E-state index is 12.1. The second-order valence-corrected chi connectivity index (χ2v) is 5.85. The van der Waals surface area contributed by atoms with E-state index in [1.54, 1.807) is 6.07 Å². The van der Waals surface area contributed by atoms with Gasteiger partial charge in [-0.15, -0.1) is 0 Å². The fourth-order valence-electron chi connectivity index (χ4n) is 1.97. The number of likely N-dealkylation sites (N-methyl/N-ethyl adjacent to an activating group) is 1. The first-order valence-corrected chi connectivity index (χ1v) is 8.24. The van der Waals surface area contributed by atoms with Crippen LogP contribution in [0.5, 0.6) is 5.75 Å². The molecule has 2 rings (SSSR count). The molecule has 0 atom stereocenters. The lowest BCUT2D eigenvalue weighted by atomic mass is 10.1. The van der Waals surface area contributed by atoms with Crippen molar-refractivity contribution >= 4 is 11.8 Å². The van der Waals surface area contributed by atoms with Gasteiger partial charge < -0.3 is 14.6 Å². The zero-order valence-electron chi connectivity index (χ0n) is 13.3. The fraction of sp³-hybridized carbons (Fsp3) is 0.312. The Kier molecular flexibility index (Phi) is 5.79. The minimum Gasteiger partial charge on any atom is -0.492 e. The van der Waals surface area contributed by atoms with Gasteiger partial charge in [0, 0.05) is 12.1 Å². The lowest BCUT2D eigenvalue weighted by Crippen LogP contribution is -2.20.